The van der Waals surface area contributed by atoms with Crippen molar-refractivity contribution in [3.8, 4) is 0 Å². The van der Waals surface area contributed by atoms with Gasteiger partial charge in [0.2, 0.25) is 11.9 Å². The van der Waals surface area contributed by atoms with Crippen LogP contribution in [0.5, 0.6) is 0 Å². The minimum absolute atomic E-state index is 0.00556. The van der Waals surface area contributed by atoms with Gasteiger partial charge < -0.3 is 10.2 Å². The highest BCUT2D eigenvalue weighted by Crippen LogP contribution is 2.29. The fourth-order valence-electron chi connectivity index (χ4n) is 2.82. The number of carbonyl (C=O) groups is 1. The molecular formula is C17H15ClF4N4O. The largest absolute Gasteiger partial charge is 0.433 e. The molecule has 1 fully saturated rings. The van der Waals surface area contributed by atoms with Crippen molar-refractivity contribution in [2.24, 2.45) is 5.92 Å². The number of carbonyl (C=O) groups excluding carboxylic acids is 1. The summed E-state index contributed by atoms with van der Waals surface area (Å²) in [7, 11) is 0. The fraction of sp³-hybridized carbons (Fsp3) is 0.353. The summed E-state index contributed by atoms with van der Waals surface area (Å²) in [6.45, 7) is 0.702. The monoisotopic (exact) mass is 402 g/mol. The first-order valence-electron chi connectivity index (χ1n) is 8.15. The van der Waals surface area contributed by atoms with Gasteiger partial charge in [0.05, 0.1) is 5.02 Å². The molecule has 27 heavy (non-hydrogen) atoms. The van der Waals surface area contributed by atoms with Crippen molar-refractivity contribution in [1.82, 2.24) is 9.97 Å². The summed E-state index contributed by atoms with van der Waals surface area (Å²) in [4.78, 5) is 21.4. The Kier molecular flexibility index (Phi) is 5.50. The zero-order valence-corrected chi connectivity index (χ0v) is 14.7. The summed E-state index contributed by atoms with van der Waals surface area (Å²) in [5.74, 6) is -1.16. The van der Waals surface area contributed by atoms with Gasteiger partial charge in [-0.15, -0.1) is 0 Å². The number of hydrogen-bond acceptors (Lipinski definition) is 4. The van der Waals surface area contributed by atoms with Crippen LogP contribution in [0.3, 0.4) is 0 Å². The molecule has 1 aromatic heterocycles. The first-order valence-corrected chi connectivity index (χ1v) is 8.53. The molecule has 10 heteroatoms. The molecule has 2 heterocycles. The number of anilines is 2. The number of rotatable bonds is 3. The van der Waals surface area contributed by atoms with Crippen LogP contribution in [-0.4, -0.2) is 29.0 Å². The van der Waals surface area contributed by atoms with Crippen molar-refractivity contribution in [1.29, 1.82) is 0 Å². The van der Waals surface area contributed by atoms with E-state index in [0.29, 0.717) is 31.6 Å². The van der Waals surface area contributed by atoms with Crippen molar-refractivity contribution < 1.29 is 22.4 Å². The zero-order valence-electron chi connectivity index (χ0n) is 13.9. The second-order valence-corrected chi connectivity index (χ2v) is 6.53. The van der Waals surface area contributed by atoms with Crippen LogP contribution < -0.4 is 10.2 Å². The zero-order chi connectivity index (χ0) is 19.6. The van der Waals surface area contributed by atoms with Gasteiger partial charge >= 0.3 is 6.18 Å². The average molecular weight is 403 g/mol. The van der Waals surface area contributed by atoms with E-state index in [1.165, 1.54) is 12.1 Å². The van der Waals surface area contributed by atoms with Crippen LogP contribution >= 0.6 is 11.6 Å². The lowest BCUT2D eigenvalue weighted by atomic mass is 9.96. The molecule has 3 rings (SSSR count). The van der Waals surface area contributed by atoms with Crippen LogP contribution in [0.15, 0.2) is 30.5 Å². The van der Waals surface area contributed by atoms with Crippen LogP contribution in [0, 0.1) is 11.7 Å². The molecule has 0 spiro atoms. The molecule has 1 amide bonds. The van der Waals surface area contributed by atoms with E-state index < -0.39 is 17.7 Å². The lowest BCUT2D eigenvalue weighted by molar-refractivity contribution is -0.141. The SMILES string of the molecule is O=C(Nc1ccc(F)c(Cl)c1)C1CCN(c2nccc(C(F)(F)F)n2)CC1. The van der Waals surface area contributed by atoms with E-state index in [9.17, 15) is 22.4 Å². The Labute approximate surface area is 157 Å². The molecule has 144 valence electrons. The Morgan fingerprint density at radius 1 is 1.22 bits per heavy atom. The fourth-order valence-corrected chi connectivity index (χ4v) is 3.00. The maximum atomic E-state index is 13.2. The maximum absolute atomic E-state index is 13.2. The van der Waals surface area contributed by atoms with Gasteiger partial charge in [-0.2, -0.15) is 13.2 Å². The van der Waals surface area contributed by atoms with Crippen molar-refractivity contribution in [2.45, 2.75) is 19.0 Å². The summed E-state index contributed by atoms with van der Waals surface area (Å²) >= 11 is 5.69. The number of halogens is 5. The Morgan fingerprint density at radius 2 is 1.93 bits per heavy atom. The molecule has 1 aromatic carbocycles. The van der Waals surface area contributed by atoms with Crippen LogP contribution in [0.4, 0.5) is 29.2 Å². The van der Waals surface area contributed by atoms with Crippen molar-refractivity contribution in [3.05, 3.63) is 47.0 Å². The van der Waals surface area contributed by atoms with E-state index >= 15 is 0 Å². The van der Waals surface area contributed by atoms with E-state index in [-0.39, 0.29) is 22.8 Å². The highest BCUT2D eigenvalue weighted by Gasteiger charge is 2.34. The van der Waals surface area contributed by atoms with Crippen LogP contribution in [0.2, 0.25) is 5.02 Å². The number of alkyl halides is 3. The molecule has 2 aromatic rings. The van der Waals surface area contributed by atoms with E-state index in [0.717, 1.165) is 18.3 Å². The average Bonchev–Trinajstić information content (AvgIpc) is 2.64. The first kappa shape index (κ1) is 19.3. The normalized spacial score (nSPS) is 15.7. The molecule has 0 radical (unpaired) electrons. The van der Waals surface area contributed by atoms with Gasteiger partial charge in [-0.25, -0.2) is 14.4 Å². The molecule has 0 aliphatic carbocycles. The number of piperidine rings is 1. The number of aromatic nitrogens is 2. The summed E-state index contributed by atoms with van der Waals surface area (Å²) < 4.78 is 51.5. The van der Waals surface area contributed by atoms with E-state index in [1.54, 1.807) is 4.90 Å². The molecular weight excluding hydrogens is 388 g/mol. The van der Waals surface area contributed by atoms with Gasteiger partial charge in [-0.3, -0.25) is 4.79 Å². The standard InChI is InChI=1S/C17H15ClF4N4O/c18-12-9-11(1-2-13(12)19)24-15(27)10-4-7-26(8-5-10)16-23-6-3-14(25-16)17(20,21)22/h1-3,6,9-10H,4-5,7-8H2,(H,24,27). The van der Waals surface area contributed by atoms with Crippen molar-refractivity contribution in [3.63, 3.8) is 0 Å². The van der Waals surface area contributed by atoms with E-state index in [4.69, 9.17) is 11.6 Å². The molecule has 0 atom stereocenters. The molecule has 0 bridgehead atoms. The smallest absolute Gasteiger partial charge is 0.341 e. The summed E-state index contributed by atoms with van der Waals surface area (Å²) in [5, 5.41) is 2.58. The van der Waals surface area contributed by atoms with Gasteiger partial charge in [0.15, 0.2) is 0 Å². The molecule has 1 aliphatic rings. The van der Waals surface area contributed by atoms with Crippen LogP contribution in [-0.2, 0) is 11.0 Å². The summed E-state index contributed by atoms with van der Waals surface area (Å²) in [6, 6.07) is 4.70. The molecule has 1 N–H and O–H groups in total. The molecule has 0 unspecified atom stereocenters. The third kappa shape index (κ3) is 4.65. The minimum atomic E-state index is -4.54. The quantitative estimate of drug-likeness (QED) is 0.784. The minimum Gasteiger partial charge on any atom is -0.341 e. The number of nitrogens with zero attached hydrogens (tertiary/aromatic N) is 3. The molecule has 5 nitrogen and oxygen atoms in total. The summed E-state index contributed by atoms with van der Waals surface area (Å²) in [6.07, 6.45) is -2.60. The van der Waals surface area contributed by atoms with Gasteiger partial charge in [0.25, 0.3) is 0 Å². The topological polar surface area (TPSA) is 58.1 Å². The lowest BCUT2D eigenvalue weighted by Gasteiger charge is -2.31. The van der Waals surface area contributed by atoms with Gasteiger partial charge in [-0.1, -0.05) is 11.6 Å². The molecule has 1 aliphatic heterocycles. The van der Waals surface area contributed by atoms with E-state index in [1.807, 2.05) is 0 Å². The third-order valence-corrected chi connectivity index (χ3v) is 4.56. The van der Waals surface area contributed by atoms with Gasteiger partial charge in [-0.05, 0) is 37.1 Å². The highest BCUT2D eigenvalue weighted by atomic mass is 35.5. The van der Waals surface area contributed by atoms with Crippen molar-refractivity contribution >= 4 is 29.1 Å². The van der Waals surface area contributed by atoms with Gasteiger partial charge in [0.1, 0.15) is 11.5 Å². The second-order valence-electron chi connectivity index (χ2n) is 6.12. The molecule has 1 saturated heterocycles. The summed E-state index contributed by atoms with van der Waals surface area (Å²) in [5.41, 5.74) is -0.615. The predicted molar refractivity (Wildman–Crippen MR) is 92.0 cm³/mol. The third-order valence-electron chi connectivity index (χ3n) is 4.27. The lowest BCUT2D eigenvalue weighted by Crippen LogP contribution is -2.39. The highest BCUT2D eigenvalue weighted by molar-refractivity contribution is 6.31. The number of benzene rings is 1. The van der Waals surface area contributed by atoms with Crippen LogP contribution in [0.25, 0.3) is 0 Å². The Balaban J connectivity index is 1.60. The second kappa shape index (κ2) is 7.67. The Morgan fingerprint density at radius 3 is 2.56 bits per heavy atom. The van der Waals surface area contributed by atoms with E-state index in [2.05, 4.69) is 15.3 Å². The van der Waals surface area contributed by atoms with Crippen LogP contribution in [0.1, 0.15) is 18.5 Å². The predicted octanol–water partition coefficient (Wildman–Crippen LogP) is 4.14. The number of hydrogen-bond donors (Lipinski definition) is 1. The number of amides is 1. The Bertz CT molecular complexity index is 838. The number of nitrogens with one attached hydrogen (secondary N) is 1. The Hall–Kier alpha value is -2.42. The van der Waals surface area contributed by atoms with Gasteiger partial charge in [0, 0.05) is 30.9 Å². The molecule has 0 saturated carbocycles. The maximum Gasteiger partial charge on any atom is 0.433 e. The first-order chi connectivity index (χ1) is 12.7. The van der Waals surface area contributed by atoms with Crippen molar-refractivity contribution in [2.75, 3.05) is 23.3 Å².